The van der Waals surface area contributed by atoms with Crippen LogP contribution in [-0.4, -0.2) is 29.9 Å². The summed E-state index contributed by atoms with van der Waals surface area (Å²) in [7, 11) is 0. The Hall–Kier alpha value is -0.870. The molecular formula is C12H14FNOS. The molecule has 2 nitrogen and oxygen atoms in total. The van der Waals surface area contributed by atoms with Crippen LogP contribution in [0.15, 0.2) is 24.3 Å². The van der Waals surface area contributed by atoms with Gasteiger partial charge in [0.15, 0.2) is 5.78 Å². The molecule has 0 aliphatic carbocycles. The number of carbonyl (C=O) groups excluding carboxylic acids is 1. The van der Waals surface area contributed by atoms with Gasteiger partial charge in [0.2, 0.25) is 0 Å². The fraction of sp³-hybridized carbons (Fsp3) is 0.417. The van der Waals surface area contributed by atoms with E-state index in [1.54, 1.807) is 12.1 Å². The Morgan fingerprint density at radius 1 is 1.44 bits per heavy atom. The van der Waals surface area contributed by atoms with Gasteiger partial charge in [-0.15, -0.1) is 0 Å². The Morgan fingerprint density at radius 2 is 2.19 bits per heavy atom. The number of benzene rings is 1. The molecule has 0 spiro atoms. The van der Waals surface area contributed by atoms with Crippen molar-refractivity contribution >= 4 is 17.5 Å². The highest BCUT2D eigenvalue weighted by Gasteiger charge is 2.17. The third-order valence-corrected chi connectivity index (χ3v) is 3.73. The van der Waals surface area contributed by atoms with Crippen LogP contribution in [0.3, 0.4) is 0 Å². The van der Waals surface area contributed by atoms with Gasteiger partial charge in [0.05, 0.1) is 0 Å². The van der Waals surface area contributed by atoms with Crippen molar-refractivity contribution in [2.45, 2.75) is 12.5 Å². The highest BCUT2D eigenvalue weighted by Crippen LogP contribution is 2.13. The molecule has 0 bridgehead atoms. The Labute approximate surface area is 98.6 Å². The highest BCUT2D eigenvalue weighted by molar-refractivity contribution is 7.99. The van der Waals surface area contributed by atoms with Crippen molar-refractivity contribution in [3.63, 3.8) is 0 Å². The summed E-state index contributed by atoms with van der Waals surface area (Å²) in [4.78, 5) is 11.9. The lowest BCUT2D eigenvalue weighted by Gasteiger charge is -2.22. The van der Waals surface area contributed by atoms with Crippen LogP contribution in [0.5, 0.6) is 0 Å². The minimum atomic E-state index is -0.303. The van der Waals surface area contributed by atoms with E-state index in [-0.39, 0.29) is 17.6 Å². The minimum Gasteiger partial charge on any atom is -0.312 e. The maximum absolute atomic E-state index is 12.7. The second-order valence-electron chi connectivity index (χ2n) is 3.86. The second-order valence-corrected chi connectivity index (χ2v) is 5.01. The van der Waals surface area contributed by atoms with Crippen LogP contribution in [0, 0.1) is 5.82 Å². The van der Waals surface area contributed by atoms with Crippen molar-refractivity contribution in [2.75, 3.05) is 18.1 Å². The summed E-state index contributed by atoms with van der Waals surface area (Å²) in [6.07, 6.45) is 0.499. The Morgan fingerprint density at radius 3 is 2.81 bits per heavy atom. The maximum Gasteiger partial charge on any atom is 0.164 e. The average Bonchev–Trinajstić information content (AvgIpc) is 2.31. The fourth-order valence-electron chi connectivity index (χ4n) is 1.73. The zero-order valence-corrected chi connectivity index (χ0v) is 9.73. The summed E-state index contributed by atoms with van der Waals surface area (Å²) in [5.74, 6) is 1.87. The van der Waals surface area contributed by atoms with Gasteiger partial charge in [0.25, 0.3) is 0 Å². The molecule has 1 aliphatic heterocycles. The van der Waals surface area contributed by atoms with Gasteiger partial charge in [-0.2, -0.15) is 11.8 Å². The number of hydrogen-bond acceptors (Lipinski definition) is 3. The monoisotopic (exact) mass is 239 g/mol. The molecule has 4 heteroatoms. The SMILES string of the molecule is O=C(CC1CSCCN1)c1ccc(F)cc1. The molecule has 86 valence electrons. The highest BCUT2D eigenvalue weighted by atomic mass is 32.2. The standard InChI is InChI=1S/C12H14FNOS/c13-10-3-1-9(2-4-10)12(15)7-11-8-16-6-5-14-11/h1-4,11,14H,5-8H2. The minimum absolute atomic E-state index is 0.0833. The van der Waals surface area contributed by atoms with E-state index in [2.05, 4.69) is 5.32 Å². The van der Waals surface area contributed by atoms with Crippen molar-refractivity contribution in [1.82, 2.24) is 5.32 Å². The zero-order valence-electron chi connectivity index (χ0n) is 8.91. The van der Waals surface area contributed by atoms with E-state index in [0.717, 1.165) is 18.1 Å². The first-order valence-corrected chi connectivity index (χ1v) is 6.51. The Balaban J connectivity index is 1.94. The van der Waals surface area contributed by atoms with Crippen LogP contribution in [0.1, 0.15) is 16.8 Å². The van der Waals surface area contributed by atoms with Gasteiger partial charge in [0, 0.05) is 36.1 Å². The number of thioether (sulfide) groups is 1. The lowest BCUT2D eigenvalue weighted by molar-refractivity contribution is 0.0972. The molecule has 0 radical (unpaired) electrons. The molecule has 1 aromatic rings. The van der Waals surface area contributed by atoms with Gasteiger partial charge in [0.1, 0.15) is 5.82 Å². The lowest BCUT2D eigenvalue weighted by atomic mass is 10.0. The quantitative estimate of drug-likeness (QED) is 0.819. The molecule has 1 N–H and O–H groups in total. The molecule has 0 amide bonds. The molecule has 1 unspecified atom stereocenters. The van der Waals surface area contributed by atoms with Crippen LogP contribution >= 0.6 is 11.8 Å². The van der Waals surface area contributed by atoms with Crippen LogP contribution in [0.4, 0.5) is 4.39 Å². The number of nitrogens with one attached hydrogen (secondary N) is 1. The molecule has 1 atom stereocenters. The van der Waals surface area contributed by atoms with Crippen LogP contribution in [0.2, 0.25) is 0 Å². The van der Waals surface area contributed by atoms with E-state index in [0.29, 0.717) is 12.0 Å². The van der Waals surface area contributed by atoms with Gasteiger partial charge in [-0.1, -0.05) is 0 Å². The summed E-state index contributed by atoms with van der Waals surface area (Å²) in [5.41, 5.74) is 0.596. The zero-order chi connectivity index (χ0) is 11.4. The third-order valence-electron chi connectivity index (χ3n) is 2.60. The summed E-state index contributed by atoms with van der Waals surface area (Å²) < 4.78 is 12.7. The summed E-state index contributed by atoms with van der Waals surface area (Å²) >= 11 is 1.87. The smallest absolute Gasteiger partial charge is 0.164 e. The normalized spacial score (nSPS) is 20.7. The lowest BCUT2D eigenvalue weighted by Crippen LogP contribution is -2.38. The van der Waals surface area contributed by atoms with E-state index in [4.69, 9.17) is 0 Å². The molecule has 1 aromatic carbocycles. The predicted octanol–water partition coefficient (Wildman–Crippen LogP) is 2.10. The Bertz CT molecular complexity index is 360. The summed E-state index contributed by atoms with van der Waals surface area (Å²) in [6, 6.07) is 6.02. The molecule has 2 rings (SSSR count). The summed E-state index contributed by atoms with van der Waals surface area (Å²) in [5, 5.41) is 3.32. The van der Waals surface area contributed by atoms with Crippen LogP contribution < -0.4 is 5.32 Å². The third kappa shape index (κ3) is 3.06. The number of Topliss-reactive ketones (excluding diaryl/α,β-unsaturated/α-hetero) is 1. The van der Waals surface area contributed by atoms with E-state index in [1.165, 1.54) is 12.1 Å². The molecule has 1 aliphatic rings. The van der Waals surface area contributed by atoms with Gasteiger partial charge in [-0.25, -0.2) is 4.39 Å². The van der Waals surface area contributed by atoms with Gasteiger partial charge in [-0.05, 0) is 24.3 Å². The largest absolute Gasteiger partial charge is 0.312 e. The fourth-order valence-corrected chi connectivity index (χ4v) is 2.68. The van der Waals surface area contributed by atoms with E-state index >= 15 is 0 Å². The molecule has 1 heterocycles. The van der Waals surface area contributed by atoms with Crippen LogP contribution in [-0.2, 0) is 0 Å². The second kappa shape index (κ2) is 5.46. The molecule has 1 saturated heterocycles. The number of hydrogen-bond donors (Lipinski definition) is 1. The molecule has 0 saturated carbocycles. The first kappa shape index (κ1) is 11.6. The number of carbonyl (C=O) groups is 1. The van der Waals surface area contributed by atoms with Crippen molar-refractivity contribution in [1.29, 1.82) is 0 Å². The first-order chi connectivity index (χ1) is 7.75. The molecule has 1 fully saturated rings. The van der Waals surface area contributed by atoms with Gasteiger partial charge in [-0.3, -0.25) is 4.79 Å². The van der Waals surface area contributed by atoms with Gasteiger partial charge < -0.3 is 5.32 Å². The molecular weight excluding hydrogens is 225 g/mol. The average molecular weight is 239 g/mol. The number of halogens is 1. The van der Waals surface area contributed by atoms with E-state index in [1.807, 2.05) is 11.8 Å². The topological polar surface area (TPSA) is 29.1 Å². The van der Waals surface area contributed by atoms with Gasteiger partial charge >= 0.3 is 0 Å². The van der Waals surface area contributed by atoms with Crippen molar-refractivity contribution < 1.29 is 9.18 Å². The number of ketones is 1. The van der Waals surface area contributed by atoms with E-state index < -0.39 is 0 Å². The maximum atomic E-state index is 12.7. The molecule has 16 heavy (non-hydrogen) atoms. The van der Waals surface area contributed by atoms with Crippen LogP contribution in [0.25, 0.3) is 0 Å². The molecule has 0 aromatic heterocycles. The number of rotatable bonds is 3. The van der Waals surface area contributed by atoms with Crippen molar-refractivity contribution in [2.24, 2.45) is 0 Å². The first-order valence-electron chi connectivity index (χ1n) is 5.35. The van der Waals surface area contributed by atoms with Crippen molar-refractivity contribution in [3.8, 4) is 0 Å². The van der Waals surface area contributed by atoms with E-state index in [9.17, 15) is 9.18 Å². The predicted molar refractivity (Wildman–Crippen MR) is 64.5 cm³/mol. The van der Waals surface area contributed by atoms with Crippen molar-refractivity contribution in [3.05, 3.63) is 35.6 Å². The Kier molecular flexibility index (Phi) is 3.96. The summed E-state index contributed by atoms with van der Waals surface area (Å²) in [6.45, 7) is 0.964.